The lowest BCUT2D eigenvalue weighted by molar-refractivity contribution is 1.07. The zero-order chi connectivity index (χ0) is 37.5. The van der Waals surface area contributed by atoms with Gasteiger partial charge in [0, 0.05) is 67.8 Å². The highest BCUT2D eigenvalue weighted by Crippen LogP contribution is 2.43. The van der Waals surface area contributed by atoms with E-state index in [2.05, 4.69) is 126 Å². The van der Waals surface area contributed by atoms with E-state index in [9.17, 15) is 0 Å². The number of fused-ring (bicyclic) bond motifs is 9. The van der Waals surface area contributed by atoms with Gasteiger partial charge in [-0.3, -0.25) is 0 Å². The van der Waals surface area contributed by atoms with Crippen molar-refractivity contribution in [3.05, 3.63) is 182 Å². The van der Waals surface area contributed by atoms with E-state index in [4.69, 9.17) is 15.0 Å². The molecule has 0 amide bonds. The van der Waals surface area contributed by atoms with E-state index >= 15 is 0 Å². The molecule has 4 aromatic heterocycles. The van der Waals surface area contributed by atoms with Crippen LogP contribution in [0.3, 0.4) is 0 Å². The van der Waals surface area contributed by atoms with Crippen LogP contribution in [-0.2, 0) is 0 Å². The summed E-state index contributed by atoms with van der Waals surface area (Å²) in [6.07, 6.45) is 0. The molecule has 0 spiro atoms. The molecule has 12 rings (SSSR count). The van der Waals surface area contributed by atoms with Gasteiger partial charge in [0.25, 0.3) is 0 Å². The van der Waals surface area contributed by atoms with E-state index in [1.807, 2.05) is 83.3 Å². The second kappa shape index (κ2) is 12.8. The van der Waals surface area contributed by atoms with Gasteiger partial charge in [-0.25, -0.2) is 15.0 Å². The molecule has 6 heteroatoms. The molecule has 4 nitrogen and oxygen atoms in total. The van der Waals surface area contributed by atoms with E-state index in [1.165, 1.54) is 79.0 Å². The van der Waals surface area contributed by atoms with Crippen molar-refractivity contribution < 1.29 is 0 Å². The summed E-state index contributed by atoms with van der Waals surface area (Å²) in [5.74, 6) is 1.99. The molecule has 0 saturated carbocycles. The Hall–Kier alpha value is -6.99. The van der Waals surface area contributed by atoms with E-state index in [-0.39, 0.29) is 0 Å². The van der Waals surface area contributed by atoms with Gasteiger partial charge in [0.05, 0.1) is 16.7 Å². The van der Waals surface area contributed by atoms with Gasteiger partial charge in [-0.05, 0) is 65.7 Å². The molecule has 266 valence electrons. The van der Waals surface area contributed by atoms with Gasteiger partial charge in [-0.15, -0.1) is 22.7 Å². The molecule has 0 unspecified atom stereocenters. The van der Waals surface area contributed by atoms with Gasteiger partial charge < -0.3 is 4.57 Å². The number of hydrogen-bond acceptors (Lipinski definition) is 5. The van der Waals surface area contributed by atoms with Crippen LogP contribution in [0.2, 0.25) is 0 Å². The third-order valence-corrected chi connectivity index (χ3v) is 13.3. The van der Waals surface area contributed by atoms with Gasteiger partial charge in [-0.1, -0.05) is 127 Å². The highest BCUT2D eigenvalue weighted by Gasteiger charge is 2.18. The summed E-state index contributed by atoms with van der Waals surface area (Å²) < 4.78 is 7.53. The Balaban J connectivity index is 0.948. The van der Waals surface area contributed by atoms with Gasteiger partial charge in [0.15, 0.2) is 17.5 Å². The SMILES string of the molecule is c1ccc(-c2nc(-c3ccccc3)nc(-c3ccc4sc5cc(-c6ccc7c(c6)sc6cccc(-n8c9ccccc9c9ccccc98)c67)ccc5c4c3)n2)cc1. The lowest BCUT2D eigenvalue weighted by Crippen LogP contribution is -2.00. The predicted octanol–water partition coefficient (Wildman–Crippen LogP) is 14.4. The summed E-state index contributed by atoms with van der Waals surface area (Å²) in [5.41, 5.74) is 9.02. The number of rotatable bonds is 5. The fraction of sp³-hybridized carbons (Fsp3) is 0. The maximum atomic E-state index is 4.99. The second-order valence-corrected chi connectivity index (χ2v) is 16.6. The van der Waals surface area contributed by atoms with Crippen LogP contribution in [0.15, 0.2) is 182 Å². The van der Waals surface area contributed by atoms with Crippen molar-refractivity contribution in [1.82, 2.24) is 19.5 Å². The predicted molar refractivity (Wildman–Crippen MR) is 242 cm³/mol. The third kappa shape index (κ3) is 5.22. The van der Waals surface area contributed by atoms with Crippen LogP contribution in [0.25, 0.3) is 113 Å². The minimum atomic E-state index is 0.665. The van der Waals surface area contributed by atoms with Crippen molar-refractivity contribution in [2.45, 2.75) is 0 Å². The van der Waals surface area contributed by atoms with Crippen LogP contribution in [-0.4, -0.2) is 19.5 Å². The molecule has 8 aromatic carbocycles. The molecule has 0 fully saturated rings. The minimum absolute atomic E-state index is 0.665. The van der Waals surface area contributed by atoms with Crippen LogP contribution in [0.5, 0.6) is 0 Å². The van der Waals surface area contributed by atoms with Crippen molar-refractivity contribution >= 4 is 84.8 Å². The molecule has 0 bridgehead atoms. The van der Waals surface area contributed by atoms with Crippen molar-refractivity contribution in [3.8, 4) is 51.0 Å². The fourth-order valence-electron chi connectivity index (χ4n) is 8.39. The Labute approximate surface area is 335 Å². The quantitative estimate of drug-likeness (QED) is 0.175. The van der Waals surface area contributed by atoms with Crippen LogP contribution < -0.4 is 0 Å². The van der Waals surface area contributed by atoms with E-state index < -0.39 is 0 Å². The molecule has 0 N–H and O–H groups in total. The summed E-state index contributed by atoms with van der Waals surface area (Å²) in [5, 5.41) is 7.59. The molecule has 12 aromatic rings. The van der Waals surface area contributed by atoms with Gasteiger partial charge in [0.2, 0.25) is 0 Å². The van der Waals surface area contributed by atoms with Crippen molar-refractivity contribution in [3.63, 3.8) is 0 Å². The van der Waals surface area contributed by atoms with E-state index in [1.54, 1.807) is 0 Å². The minimum Gasteiger partial charge on any atom is -0.309 e. The standard InChI is InChI=1S/C51H30N4S2/c1-3-12-31(13-4-1)49-52-50(32-14-5-2-6-15-32)54-51(53-49)35-24-27-44-40(28-35)38-25-22-33(29-46(38)56-44)34-23-26-39-47(30-34)57-45-21-11-20-43(48(39)45)55-41-18-9-7-16-36(41)37-17-8-10-19-42(37)55/h1-30H. The first-order chi connectivity index (χ1) is 28.2. The largest absolute Gasteiger partial charge is 0.309 e. The number of para-hydroxylation sites is 2. The summed E-state index contributed by atoms with van der Waals surface area (Å²) in [7, 11) is 0. The number of nitrogens with zero attached hydrogens (tertiary/aromatic N) is 4. The number of aromatic nitrogens is 4. The van der Waals surface area contributed by atoms with Crippen LogP contribution in [0, 0.1) is 0 Å². The van der Waals surface area contributed by atoms with Gasteiger partial charge >= 0.3 is 0 Å². The average molecular weight is 763 g/mol. The van der Waals surface area contributed by atoms with Crippen LogP contribution >= 0.6 is 22.7 Å². The fourth-order valence-corrected chi connectivity index (χ4v) is 10.7. The van der Waals surface area contributed by atoms with Crippen molar-refractivity contribution in [2.24, 2.45) is 0 Å². The van der Waals surface area contributed by atoms with Crippen LogP contribution in [0.1, 0.15) is 0 Å². The monoisotopic (exact) mass is 762 g/mol. The first kappa shape index (κ1) is 32.3. The summed E-state index contributed by atoms with van der Waals surface area (Å²) in [6, 6.07) is 65.0. The van der Waals surface area contributed by atoms with Crippen LogP contribution in [0.4, 0.5) is 0 Å². The summed E-state index contributed by atoms with van der Waals surface area (Å²) in [4.78, 5) is 14.9. The van der Waals surface area contributed by atoms with Crippen molar-refractivity contribution in [1.29, 1.82) is 0 Å². The Morgan fingerprint density at radius 2 is 0.842 bits per heavy atom. The molecular formula is C51H30N4S2. The zero-order valence-corrected chi connectivity index (χ0v) is 32.1. The zero-order valence-electron chi connectivity index (χ0n) is 30.4. The van der Waals surface area contributed by atoms with Gasteiger partial charge in [-0.2, -0.15) is 0 Å². The van der Waals surface area contributed by atoms with E-state index in [0.717, 1.165) is 16.7 Å². The maximum absolute atomic E-state index is 4.99. The smallest absolute Gasteiger partial charge is 0.164 e. The van der Waals surface area contributed by atoms with Crippen molar-refractivity contribution in [2.75, 3.05) is 0 Å². The summed E-state index contributed by atoms with van der Waals surface area (Å²) >= 11 is 3.70. The normalized spacial score (nSPS) is 11.9. The molecule has 57 heavy (non-hydrogen) atoms. The first-order valence-electron chi connectivity index (χ1n) is 19.0. The Bertz CT molecular complexity index is 3410. The Morgan fingerprint density at radius 1 is 0.316 bits per heavy atom. The topological polar surface area (TPSA) is 43.6 Å². The second-order valence-electron chi connectivity index (χ2n) is 14.4. The molecule has 0 aliphatic carbocycles. The molecule has 0 aliphatic rings. The summed E-state index contributed by atoms with van der Waals surface area (Å²) in [6.45, 7) is 0. The molecule has 4 heterocycles. The number of thiophene rings is 2. The molecule has 0 saturated heterocycles. The molecule has 0 aliphatic heterocycles. The third-order valence-electron chi connectivity index (χ3n) is 11.1. The average Bonchev–Trinajstić information content (AvgIpc) is 3.95. The highest BCUT2D eigenvalue weighted by molar-refractivity contribution is 7.26. The number of hydrogen-bond donors (Lipinski definition) is 0. The lowest BCUT2D eigenvalue weighted by atomic mass is 10.0. The Morgan fingerprint density at radius 3 is 1.49 bits per heavy atom. The molecular weight excluding hydrogens is 733 g/mol. The van der Waals surface area contributed by atoms with Gasteiger partial charge in [0.1, 0.15) is 0 Å². The first-order valence-corrected chi connectivity index (χ1v) is 20.6. The number of benzene rings is 8. The Kier molecular flexibility index (Phi) is 7.24. The lowest BCUT2D eigenvalue weighted by Gasteiger charge is -2.10. The molecule has 0 radical (unpaired) electrons. The van der Waals surface area contributed by atoms with E-state index in [0.29, 0.717) is 17.5 Å². The maximum Gasteiger partial charge on any atom is 0.164 e. The molecule has 0 atom stereocenters. The highest BCUT2D eigenvalue weighted by atomic mass is 32.1.